The molecule has 3 nitrogen and oxygen atoms in total. The molecule has 1 rings (SSSR count). The van der Waals surface area contributed by atoms with Gasteiger partial charge in [0.1, 0.15) is 5.82 Å². The van der Waals surface area contributed by atoms with E-state index in [1.54, 1.807) is 0 Å². The molecule has 0 aromatic heterocycles. The number of ether oxygens (including phenoxy) is 1. The van der Waals surface area contributed by atoms with Crippen molar-refractivity contribution in [3.05, 3.63) is 33.5 Å². The third-order valence-electron chi connectivity index (χ3n) is 2.56. The molecule has 1 aromatic carbocycles. The van der Waals surface area contributed by atoms with Crippen molar-refractivity contribution >= 4 is 21.9 Å². The first-order chi connectivity index (χ1) is 11.6. The van der Waals surface area contributed by atoms with Crippen molar-refractivity contribution in [2.45, 2.75) is 53.1 Å². The first-order valence-corrected chi connectivity index (χ1v) is 8.42. The minimum atomic E-state index is -4.37. The second-order valence-electron chi connectivity index (χ2n) is 3.91. The van der Waals surface area contributed by atoms with Crippen LogP contribution in [-0.2, 0) is 9.53 Å². The summed E-state index contributed by atoms with van der Waals surface area (Å²) in [5.74, 6) is -7.70. The lowest BCUT2D eigenvalue weighted by Gasteiger charge is -2.22. The van der Waals surface area contributed by atoms with E-state index in [9.17, 15) is 31.9 Å². The molecular weight excluding hydrogens is 415 g/mol. The number of hydrogen-bond acceptors (Lipinski definition) is 3. The molecule has 0 aliphatic rings. The average Bonchev–Trinajstić information content (AvgIpc) is 2.58. The Morgan fingerprint density at radius 1 is 1.24 bits per heavy atom. The second-order valence-corrected chi connectivity index (χ2v) is 4.70. The van der Waals surface area contributed by atoms with Crippen LogP contribution in [0.25, 0.3) is 0 Å². The first-order valence-electron chi connectivity index (χ1n) is 7.63. The van der Waals surface area contributed by atoms with E-state index in [0.29, 0.717) is 12.1 Å². The van der Waals surface area contributed by atoms with Crippen LogP contribution in [0.4, 0.5) is 22.0 Å². The molecule has 0 spiro atoms. The number of halogens is 6. The van der Waals surface area contributed by atoms with Gasteiger partial charge in [0.2, 0.25) is 0 Å². The monoisotopic (exact) mass is 436 g/mol. The Hall–Kier alpha value is -1.22. The van der Waals surface area contributed by atoms with E-state index in [2.05, 4.69) is 20.7 Å². The Morgan fingerprint density at radius 2 is 1.72 bits per heavy atom. The van der Waals surface area contributed by atoms with Crippen LogP contribution in [0.1, 0.15) is 58.3 Å². The van der Waals surface area contributed by atoms with Crippen LogP contribution in [-0.4, -0.2) is 23.6 Å². The zero-order valence-electron chi connectivity index (χ0n) is 14.5. The van der Waals surface area contributed by atoms with Crippen molar-refractivity contribution in [2.24, 2.45) is 0 Å². The highest BCUT2D eigenvalue weighted by molar-refractivity contribution is 9.10. The summed E-state index contributed by atoms with van der Waals surface area (Å²) in [7, 11) is 0. The van der Waals surface area contributed by atoms with E-state index in [1.165, 1.54) is 6.92 Å². The van der Waals surface area contributed by atoms with E-state index in [4.69, 9.17) is 0 Å². The molecule has 0 aliphatic heterocycles. The Morgan fingerprint density at radius 3 is 2.12 bits per heavy atom. The maximum Gasteiger partial charge on any atom is 0.380 e. The number of rotatable bonds is 5. The van der Waals surface area contributed by atoms with E-state index in [1.807, 2.05) is 27.7 Å². The number of benzene rings is 1. The molecule has 0 amide bonds. The van der Waals surface area contributed by atoms with E-state index < -0.39 is 45.8 Å². The van der Waals surface area contributed by atoms with Gasteiger partial charge >= 0.3 is 11.9 Å². The Labute approximate surface area is 152 Å². The van der Waals surface area contributed by atoms with Gasteiger partial charge in [-0.3, -0.25) is 0 Å². The third kappa shape index (κ3) is 6.54. The van der Waals surface area contributed by atoms with Crippen molar-refractivity contribution in [3.63, 3.8) is 0 Å². The summed E-state index contributed by atoms with van der Waals surface area (Å²) in [6.45, 7) is 8.93. The predicted molar refractivity (Wildman–Crippen MR) is 88.3 cm³/mol. The summed E-state index contributed by atoms with van der Waals surface area (Å²) in [5, 5.41) is 9.58. The molecule has 0 saturated carbocycles. The zero-order chi connectivity index (χ0) is 20.4. The fourth-order valence-corrected chi connectivity index (χ4v) is 2.24. The molecule has 0 aliphatic carbocycles. The van der Waals surface area contributed by atoms with E-state index in [-0.39, 0.29) is 6.61 Å². The third-order valence-corrected chi connectivity index (χ3v) is 3.45. The maximum atomic E-state index is 13.7. The fourth-order valence-electron chi connectivity index (χ4n) is 1.53. The molecule has 0 saturated heterocycles. The zero-order valence-corrected chi connectivity index (χ0v) is 16.1. The van der Waals surface area contributed by atoms with Crippen molar-refractivity contribution in [1.29, 1.82) is 0 Å². The molecule has 0 fully saturated rings. The largest absolute Gasteiger partial charge is 0.461 e. The topological polar surface area (TPSA) is 46.5 Å². The van der Waals surface area contributed by atoms with Gasteiger partial charge in [-0.25, -0.2) is 18.0 Å². The molecule has 0 heterocycles. The minimum Gasteiger partial charge on any atom is -0.461 e. The molecule has 1 aromatic rings. The van der Waals surface area contributed by atoms with Crippen LogP contribution in [0.5, 0.6) is 0 Å². The van der Waals surface area contributed by atoms with Crippen molar-refractivity contribution in [3.8, 4) is 0 Å². The molecule has 9 heteroatoms. The van der Waals surface area contributed by atoms with Gasteiger partial charge in [-0.1, -0.05) is 33.8 Å². The van der Waals surface area contributed by atoms with Gasteiger partial charge < -0.3 is 9.84 Å². The van der Waals surface area contributed by atoms with Gasteiger partial charge in [0, 0.05) is 10.0 Å². The van der Waals surface area contributed by atoms with Gasteiger partial charge in [-0.15, -0.1) is 0 Å². The standard InChI is InChI=1S/C12H10BrF5O3.2C2H6/c1-2-21-11(20)12(17,18)9(19)5-3-4-6(14)7(8(5)13)10(15)16;2*1-2/h3-4,9-10,19H,2H2,1H3;2*1-2H3. The number of aliphatic hydroxyl groups is 1. The molecule has 0 radical (unpaired) electrons. The molecule has 1 unspecified atom stereocenters. The highest BCUT2D eigenvalue weighted by Gasteiger charge is 2.50. The van der Waals surface area contributed by atoms with Crippen LogP contribution < -0.4 is 0 Å². The van der Waals surface area contributed by atoms with E-state index >= 15 is 0 Å². The molecule has 1 N–H and O–H groups in total. The number of hydrogen-bond donors (Lipinski definition) is 1. The predicted octanol–water partition coefficient (Wildman–Crippen LogP) is 5.81. The van der Waals surface area contributed by atoms with Crippen LogP contribution in [0.3, 0.4) is 0 Å². The number of carbonyl (C=O) groups excluding carboxylic acids is 1. The lowest BCUT2D eigenvalue weighted by Crippen LogP contribution is -2.37. The molecular formula is C16H22BrF5O3. The Kier molecular flexibility index (Phi) is 12.7. The number of aliphatic hydroxyl groups excluding tert-OH is 1. The lowest BCUT2D eigenvalue weighted by atomic mass is 10.0. The Balaban J connectivity index is 0. The van der Waals surface area contributed by atoms with Crippen LogP contribution in [0.2, 0.25) is 0 Å². The second kappa shape index (κ2) is 12.2. The van der Waals surface area contributed by atoms with E-state index in [0.717, 1.165) is 0 Å². The summed E-state index contributed by atoms with van der Waals surface area (Å²) in [6.07, 6.45) is -6.05. The minimum absolute atomic E-state index is 0.353. The van der Waals surface area contributed by atoms with Gasteiger partial charge in [0.05, 0.1) is 12.2 Å². The van der Waals surface area contributed by atoms with Crippen LogP contribution >= 0.6 is 15.9 Å². The van der Waals surface area contributed by atoms with Crippen LogP contribution in [0, 0.1) is 5.82 Å². The summed E-state index contributed by atoms with van der Waals surface area (Å²) in [5.41, 5.74) is -1.92. The molecule has 25 heavy (non-hydrogen) atoms. The summed E-state index contributed by atoms with van der Waals surface area (Å²) < 4.78 is 69.3. The van der Waals surface area contributed by atoms with Crippen LogP contribution in [0.15, 0.2) is 16.6 Å². The smallest absolute Gasteiger partial charge is 0.380 e. The first kappa shape index (κ1) is 26.0. The lowest BCUT2D eigenvalue weighted by molar-refractivity contribution is -0.189. The molecule has 1 atom stereocenters. The average molecular weight is 437 g/mol. The number of carbonyl (C=O) groups is 1. The SMILES string of the molecule is CC.CC.CCOC(=O)C(F)(F)C(O)c1ccc(F)c(C(F)F)c1Br. The highest BCUT2D eigenvalue weighted by atomic mass is 79.9. The van der Waals surface area contributed by atoms with Gasteiger partial charge in [0.15, 0.2) is 6.10 Å². The van der Waals surface area contributed by atoms with Crippen molar-refractivity contribution < 1.29 is 36.6 Å². The maximum absolute atomic E-state index is 13.7. The number of esters is 1. The summed E-state index contributed by atoms with van der Waals surface area (Å²) in [6, 6.07) is 1.19. The quantitative estimate of drug-likeness (QED) is 0.467. The van der Waals surface area contributed by atoms with Gasteiger partial charge in [-0.2, -0.15) is 8.78 Å². The molecule has 146 valence electrons. The normalized spacial score (nSPS) is 11.7. The molecule has 0 bridgehead atoms. The van der Waals surface area contributed by atoms with Gasteiger partial charge in [-0.05, 0) is 28.9 Å². The number of alkyl halides is 4. The summed E-state index contributed by atoms with van der Waals surface area (Å²) in [4.78, 5) is 11.1. The Bertz CT molecular complexity index is 539. The van der Waals surface area contributed by atoms with Crippen molar-refractivity contribution in [1.82, 2.24) is 0 Å². The van der Waals surface area contributed by atoms with Crippen molar-refractivity contribution in [2.75, 3.05) is 6.61 Å². The fraction of sp³-hybridized carbons (Fsp3) is 0.562. The summed E-state index contributed by atoms with van der Waals surface area (Å²) >= 11 is 2.55. The highest BCUT2D eigenvalue weighted by Crippen LogP contribution is 2.40. The van der Waals surface area contributed by atoms with Gasteiger partial charge in [0.25, 0.3) is 6.43 Å².